The fourth-order valence-electron chi connectivity index (χ4n) is 2.22. The van der Waals surface area contributed by atoms with Crippen LogP contribution in [0.15, 0.2) is 53.7 Å². The van der Waals surface area contributed by atoms with Crippen molar-refractivity contribution in [1.29, 1.82) is 0 Å². The Morgan fingerprint density at radius 2 is 1.64 bits per heavy atom. The Morgan fingerprint density at radius 3 is 2.09 bits per heavy atom. The molecule has 0 heterocycles. The summed E-state index contributed by atoms with van der Waals surface area (Å²) in [4.78, 5) is 21.5. The SMILES string of the molecule is COc1ccc(-c2ccc(C(CCC(=O)O)N=O)cc2)cc1. The summed E-state index contributed by atoms with van der Waals surface area (Å²) in [7, 11) is 1.62. The van der Waals surface area contributed by atoms with E-state index >= 15 is 0 Å². The van der Waals surface area contributed by atoms with Crippen molar-refractivity contribution in [3.8, 4) is 16.9 Å². The minimum atomic E-state index is -0.927. The number of hydrogen-bond acceptors (Lipinski definition) is 4. The van der Waals surface area contributed by atoms with Gasteiger partial charge in [0.25, 0.3) is 0 Å². The third kappa shape index (κ3) is 3.91. The van der Waals surface area contributed by atoms with E-state index in [2.05, 4.69) is 5.18 Å². The highest BCUT2D eigenvalue weighted by Crippen LogP contribution is 2.27. The van der Waals surface area contributed by atoms with Crippen molar-refractivity contribution >= 4 is 5.97 Å². The Morgan fingerprint density at radius 1 is 1.09 bits per heavy atom. The van der Waals surface area contributed by atoms with Gasteiger partial charge in [-0.15, -0.1) is 0 Å². The first-order chi connectivity index (χ1) is 10.6. The van der Waals surface area contributed by atoms with E-state index in [-0.39, 0.29) is 12.8 Å². The molecule has 1 unspecified atom stereocenters. The maximum absolute atomic E-state index is 10.9. The minimum Gasteiger partial charge on any atom is -0.497 e. The summed E-state index contributed by atoms with van der Waals surface area (Å²) in [6, 6.07) is 14.5. The van der Waals surface area contributed by atoms with Crippen molar-refractivity contribution in [2.75, 3.05) is 7.11 Å². The lowest BCUT2D eigenvalue weighted by molar-refractivity contribution is -0.137. The van der Waals surface area contributed by atoms with Crippen LogP contribution >= 0.6 is 0 Å². The van der Waals surface area contributed by atoms with E-state index in [1.54, 1.807) is 7.11 Å². The summed E-state index contributed by atoms with van der Waals surface area (Å²) in [5, 5.41) is 11.7. The normalized spacial score (nSPS) is 11.7. The zero-order chi connectivity index (χ0) is 15.9. The van der Waals surface area contributed by atoms with Crippen LogP contribution in [0.5, 0.6) is 5.75 Å². The first kappa shape index (κ1) is 15.7. The Labute approximate surface area is 128 Å². The van der Waals surface area contributed by atoms with Gasteiger partial charge in [-0.3, -0.25) is 4.79 Å². The molecule has 1 N–H and O–H groups in total. The summed E-state index contributed by atoms with van der Waals surface area (Å²) in [5.74, 6) is -0.136. The van der Waals surface area contributed by atoms with Crippen molar-refractivity contribution in [2.24, 2.45) is 5.18 Å². The number of carboxylic acid groups (broad SMARTS) is 1. The van der Waals surface area contributed by atoms with Gasteiger partial charge in [0.15, 0.2) is 0 Å². The summed E-state index contributed by atoms with van der Waals surface area (Å²) in [5.41, 5.74) is 2.77. The number of ether oxygens (including phenoxy) is 1. The zero-order valence-corrected chi connectivity index (χ0v) is 12.2. The van der Waals surface area contributed by atoms with Gasteiger partial charge in [0.05, 0.1) is 7.11 Å². The number of rotatable bonds is 7. The lowest BCUT2D eigenvalue weighted by Gasteiger charge is -2.09. The van der Waals surface area contributed by atoms with E-state index < -0.39 is 12.0 Å². The average molecular weight is 299 g/mol. The van der Waals surface area contributed by atoms with Gasteiger partial charge in [-0.2, -0.15) is 4.91 Å². The van der Waals surface area contributed by atoms with Crippen LogP contribution in [0, 0.1) is 4.91 Å². The van der Waals surface area contributed by atoms with E-state index in [1.165, 1.54) is 0 Å². The fourth-order valence-corrected chi connectivity index (χ4v) is 2.22. The number of methoxy groups -OCH3 is 1. The van der Waals surface area contributed by atoms with Crippen LogP contribution in [0.2, 0.25) is 0 Å². The second-order valence-corrected chi connectivity index (χ2v) is 4.90. The van der Waals surface area contributed by atoms with Crippen molar-refractivity contribution in [3.05, 3.63) is 59.0 Å². The first-order valence-corrected chi connectivity index (χ1v) is 6.92. The van der Waals surface area contributed by atoms with Gasteiger partial charge in [-0.05, 0) is 35.2 Å². The van der Waals surface area contributed by atoms with Gasteiger partial charge in [0.1, 0.15) is 11.8 Å². The van der Waals surface area contributed by atoms with Gasteiger partial charge in [0, 0.05) is 6.42 Å². The minimum absolute atomic E-state index is 0.0728. The van der Waals surface area contributed by atoms with Crippen molar-refractivity contribution < 1.29 is 14.6 Å². The number of benzene rings is 2. The van der Waals surface area contributed by atoms with Crippen LogP contribution < -0.4 is 4.74 Å². The molecule has 1 atom stereocenters. The molecule has 0 saturated heterocycles. The second-order valence-electron chi connectivity index (χ2n) is 4.90. The molecule has 0 saturated carbocycles. The van der Waals surface area contributed by atoms with Crippen LogP contribution in [0.1, 0.15) is 24.4 Å². The number of aliphatic carboxylic acids is 1. The highest BCUT2D eigenvalue weighted by Gasteiger charge is 2.13. The van der Waals surface area contributed by atoms with Crippen molar-refractivity contribution in [1.82, 2.24) is 0 Å². The molecule has 2 aromatic carbocycles. The quantitative estimate of drug-likeness (QED) is 0.783. The van der Waals surface area contributed by atoms with E-state index in [1.807, 2.05) is 48.5 Å². The van der Waals surface area contributed by atoms with Gasteiger partial charge in [0.2, 0.25) is 0 Å². The molecule has 0 radical (unpaired) electrons. The number of nitrogens with zero attached hydrogens (tertiary/aromatic N) is 1. The van der Waals surface area contributed by atoms with E-state index in [4.69, 9.17) is 9.84 Å². The van der Waals surface area contributed by atoms with Crippen molar-refractivity contribution in [2.45, 2.75) is 18.9 Å². The van der Waals surface area contributed by atoms with Crippen LogP contribution in [-0.2, 0) is 4.79 Å². The van der Waals surface area contributed by atoms with Gasteiger partial charge in [-0.1, -0.05) is 41.6 Å². The fraction of sp³-hybridized carbons (Fsp3) is 0.235. The molecule has 0 aliphatic carbocycles. The zero-order valence-electron chi connectivity index (χ0n) is 12.2. The molecule has 2 aromatic rings. The molecule has 0 amide bonds. The smallest absolute Gasteiger partial charge is 0.303 e. The standard InChI is InChI=1S/C17H17NO4/c1-22-15-8-6-13(7-9-15)12-2-4-14(5-3-12)16(18-21)10-11-17(19)20/h2-9,16H,10-11H2,1H3,(H,19,20). The van der Waals surface area contributed by atoms with Gasteiger partial charge in [-0.25, -0.2) is 0 Å². The Bertz CT molecular complexity index is 635. The molecule has 22 heavy (non-hydrogen) atoms. The topological polar surface area (TPSA) is 76.0 Å². The number of carboxylic acids is 1. The third-order valence-corrected chi connectivity index (χ3v) is 3.48. The number of nitroso groups, excluding NO2 is 1. The maximum Gasteiger partial charge on any atom is 0.303 e. The lowest BCUT2D eigenvalue weighted by atomic mass is 9.99. The molecule has 5 nitrogen and oxygen atoms in total. The van der Waals surface area contributed by atoms with E-state index in [9.17, 15) is 9.70 Å². The largest absolute Gasteiger partial charge is 0.497 e. The van der Waals surface area contributed by atoms with Gasteiger partial charge < -0.3 is 9.84 Å². The Hall–Kier alpha value is -2.69. The molecule has 0 aliphatic rings. The lowest BCUT2D eigenvalue weighted by Crippen LogP contribution is -2.00. The molecule has 0 aromatic heterocycles. The highest BCUT2D eigenvalue weighted by molar-refractivity contribution is 5.67. The molecule has 0 spiro atoms. The summed E-state index contributed by atoms with van der Waals surface area (Å²) >= 11 is 0. The van der Waals surface area contributed by atoms with Crippen LogP contribution in [-0.4, -0.2) is 18.2 Å². The van der Waals surface area contributed by atoms with Crippen molar-refractivity contribution in [3.63, 3.8) is 0 Å². The summed E-state index contributed by atoms with van der Waals surface area (Å²) < 4.78 is 5.12. The predicted octanol–water partition coefficient (Wildman–Crippen LogP) is 4.03. The average Bonchev–Trinajstić information content (AvgIpc) is 2.56. The molecule has 0 bridgehead atoms. The molecular weight excluding hydrogens is 282 g/mol. The molecule has 5 heteroatoms. The van der Waals surface area contributed by atoms with E-state index in [0.717, 1.165) is 22.4 Å². The highest BCUT2D eigenvalue weighted by atomic mass is 16.5. The Balaban J connectivity index is 2.14. The maximum atomic E-state index is 10.9. The molecule has 0 aliphatic heterocycles. The molecule has 2 rings (SSSR count). The monoisotopic (exact) mass is 299 g/mol. The predicted molar refractivity (Wildman–Crippen MR) is 83.8 cm³/mol. The van der Waals surface area contributed by atoms with Crippen LogP contribution in [0.25, 0.3) is 11.1 Å². The van der Waals surface area contributed by atoms with Crippen LogP contribution in [0.4, 0.5) is 0 Å². The third-order valence-electron chi connectivity index (χ3n) is 3.48. The number of hydrogen-bond donors (Lipinski definition) is 1. The van der Waals surface area contributed by atoms with Gasteiger partial charge >= 0.3 is 5.97 Å². The first-order valence-electron chi connectivity index (χ1n) is 6.92. The molecular formula is C17H17NO4. The molecule has 114 valence electrons. The van der Waals surface area contributed by atoms with E-state index in [0.29, 0.717) is 0 Å². The second kappa shape index (κ2) is 7.36. The Kier molecular flexibility index (Phi) is 5.25. The van der Waals surface area contributed by atoms with Crippen LogP contribution in [0.3, 0.4) is 0 Å². The summed E-state index contributed by atoms with van der Waals surface area (Å²) in [6.07, 6.45) is 0.136. The molecule has 0 fully saturated rings. The summed E-state index contributed by atoms with van der Waals surface area (Å²) in [6.45, 7) is 0. The number of carbonyl (C=O) groups is 1.